The van der Waals surface area contributed by atoms with Crippen LogP contribution in [-0.2, 0) is 17.8 Å². The molecule has 1 N–H and O–H groups in total. The van der Waals surface area contributed by atoms with Gasteiger partial charge in [-0.3, -0.25) is 14.2 Å². The van der Waals surface area contributed by atoms with Gasteiger partial charge in [0.15, 0.2) is 0 Å². The standard InChI is InChI=1S/C19H19N7O2/c27-17(7-9-25-13-23-16-6-2-1-5-15(16)18(25)28)20-8-3-4-14-10-21-19-22-12-24-26(19)11-14/h1-2,5-6,10-13H,3-4,7-9H2,(H,20,27). The zero-order valence-electron chi connectivity index (χ0n) is 15.2. The van der Waals surface area contributed by atoms with Crippen molar-refractivity contribution < 1.29 is 4.79 Å². The van der Waals surface area contributed by atoms with Crippen molar-refractivity contribution in [2.45, 2.75) is 25.8 Å². The Bertz CT molecular complexity index is 1180. The Morgan fingerprint density at radius 1 is 1.14 bits per heavy atom. The third-order valence-corrected chi connectivity index (χ3v) is 4.46. The van der Waals surface area contributed by atoms with Crippen LogP contribution in [0.5, 0.6) is 0 Å². The molecule has 0 aliphatic heterocycles. The molecule has 0 saturated heterocycles. The number of para-hydroxylation sites is 1. The molecule has 9 heteroatoms. The number of benzene rings is 1. The van der Waals surface area contributed by atoms with Crippen molar-refractivity contribution in [1.29, 1.82) is 0 Å². The van der Waals surface area contributed by atoms with E-state index in [0.717, 1.165) is 18.4 Å². The van der Waals surface area contributed by atoms with Gasteiger partial charge in [0.1, 0.15) is 6.33 Å². The Labute approximate surface area is 160 Å². The predicted molar refractivity (Wildman–Crippen MR) is 103 cm³/mol. The van der Waals surface area contributed by atoms with Gasteiger partial charge in [-0.05, 0) is 30.5 Å². The molecule has 4 rings (SSSR count). The Balaban J connectivity index is 1.24. The highest BCUT2D eigenvalue weighted by atomic mass is 16.1. The van der Waals surface area contributed by atoms with Crippen molar-refractivity contribution in [2.24, 2.45) is 0 Å². The van der Waals surface area contributed by atoms with Gasteiger partial charge in [0, 0.05) is 31.9 Å². The normalized spacial score (nSPS) is 11.1. The van der Waals surface area contributed by atoms with E-state index in [-0.39, 0.29) is 17.9 Å². The maximum atomic E-state index is 12.4. The van der Waals surface area contributed by atoms with E-state index < -0.39 is 0 Å². The molecule has 3 heterocycles. The second-order valence-electron chi connectivity index (χ2n) is 6.43. The average Bonchev–Trinajstić information content (AvgIpc) is 3.19. The minimum absolute atomic E-state index is 0.0927. The molecule has 28 heavy (non-hydrogen) atoms. The average molecular weight is 377 g/mol. The molecule has 0 atom stereocenters. The number of fused-ring (bicyclic) bond motifs is 2. The molecule has 0 saturated carbocycles. The summed E-state index contributed by atoms with van der Waals surface area (Å²) in [5, 5.41) is 7.50. The van der Waals surface area contributed by atoms with E-state index in [1.807, 2.05) is 12.3 Å². The largest absolute Gasteiger partial charge is 0.356 e. The number of hydrogen-bond acceptors (Lipinski definition) is 6. The first-order valence-corrected chi connectivity index (χ1v) is 9.06. The van der Waals surface area contributed by atoms with Crippen LogP contribution < -0.4 is 10.9 Å². The fraction of sp³-hybridized carbons (Fsp3) is 0.263. The molecule has 4 aromatic rings. The number of carbonyl (C=O) groups is 1. The summed E-state index contributed by atoms with van der Waals surface area (Å²) in [7, 11) is 0. The summed E-state index contributed by atoms with van der Waals surface area (Å²) in [4.78, 5) is 36.9. The predicted octanol–water partition coefficient (Wildman–Crippen LogP) is 0.973. The summed E-state index contributed by atoms with van der Waals surface area (Å²) >= 11 is 0. The molecule has 1 aromatic carbocycles. The molecule has 0 bridgehead atoms. The fourth-order valence-corrected chi connectivity index (χ4v) is 2.98. The maximum absolute atomic E-state index is 12.4. The zero-order valence-corrected chi connectivity index (χ0v) is 15.2. The van der Waals surface area contributed by atoms with Crippen molar-refractivity contribution in [1.82, 2.24) is 34.4 Å². The quantitative estimate of drug-likeness (QED) is 0.481. The second kappa shape index (κ2) is 7.95. The SMILES string of the molecule is O=C(CCn1cnc2ccccc2c1=O)NCCCc1cnc2ncnn2c1. The highest BCUT2D eigenvalue weighted by molar-refractivity contribution is 5.77. The molecule has 0 fully saturated rings. The molecular weight excluding hydrogens is 358 g/mol. The topological polar surface area (TPSA) is 107 Å². The minimum atomic E-state index is -0.130. The third-order valence-electron chi connectivity index (χ3n) is 4.46. The van der Waals surface area contributed by atoms with Gasteiger partial charge in [0.25, 0.3) is 11.3 Å². The van der Waals surface area contributed by atoms with Gasteiger partial charge in [0.2, 0.25) is 5.91 Å². The van der Waals surface area contributed by atoms with Gasteiger partial charge in [-0.1, -0.05) is 12.1 Å². The lowest BCUT2D eigenvalue weighted by atomic mass is 10.2. The van der Waals surface area contributed by atoms with Gasteiger partial charge in [-0.25, -0.2) is 14.5 Å². The third kappa shape index (κ3) is 3.88. The first-order valence-electron chi connectivity index (χ1n) is 9.06. The molecule has 142 valence electrons. The molecule has 1 amide bonds. The van der Waals surface area contributed by atoms with Crippen molar-refractivity contribution in [2.75, 3.05) is 6.54 Å². The van der Waals surface area contributed by atoms with E-state index in [0.29, 0.717) is 29.8 Å². The van der Waals surface area contributed by atoms with Crippen LogP contribution in [0.2, 0.25) is 0 Å². The number of carbonyl (C=O) groups excluding carboxylic acids is 1. The van der Waals surface area contributed by atoms with Crippen LogP contribution >= 0.6 is 0 Å². The van der Waals surface area contributed by atoms with Gasteiger partial charge in [-0.15, -0.1) is 0 Å². The molecule has 0 spiro atoms. The summed E-state index contributed by atoms with van der Waals surface area (Å²) < 4.78 is 3.10. The highest BCUT2D eigenvalue weighted by Crippen LogP contribution is 2.05. The number of nitrogens with zero attached hydrogens (tertiary/aromatic N) is 6. The van der Waals surface area contributed by atoms with Crippen molar-refractivity contribution in [3.05, 3.63) is 65.2 Å². The maximum Gasteiger partial charge on any atom is 0.261 e. The number of amides is 1. The lowest BCUT2D eigenvalue weighted by Gasteiger charge is -2.08. The summed E-state index contributed by atoms with van der Waals surface area (Å²) in [6.45, 7) is 0.856. The van der Waals surface area contributed by atoms with E-state index in [4.69, 9.17) is 0 Å². The summed E-state index contributed by atoms with van der Waals surface area (Å²) in [5.41, 5.74) is 1.56. The Kier molecular flexibility index (Phi) is 5.05. The number of aromatic nitrogens is 6. The van der Waals surface area contributed by atoms with E-state index >= 15 is 0 Å². The summed E-state index contributed by atoms with van der Waals surface area (Å²) in [5.74, 6) is 0.473. The van der Waals surface area contributed by atoms with Crippen molar-refractivity contribution >= 4 is 22.6 Å². The lowest BCUT2D eigenvalue weighted by Crippen LogP contribution is -2.28. The summed E-state index contributed by atoms with van der Waals surface area (Å²) in [6, 6.07) is 7.18. The van der Waals surface area contributed by atoms with E-state index in [1.54, 1.807) is 28.9 Å². The molecular formula is C19H19N7O2. The first-order chi connectivity index (χ1) is 13.7. The molecule has 3 aromatic heterocycles. The van der Waals surface area contributed by atoms with Gasteiger partial charge in [0.05, 0.1) is 17.2 Å². The van der Waals surface area contributed by atoms with Crippen LogP contribution in [-0.4, -0.2) is 41.6 Å². The van der Waals surface area contributed by atoms with Gasteiger partial charge >= 0.3 is 0 Å². The number of nitrogens with one attached hydrogen (secondary N) is 1. The number of aryl methyl sites for hydroxylation is 2. The smallest absolute Gasteiger partial charge is 0.261 e. The minimum Gasteiger partial charge on any atom is -0.356 e. The zero-order chi connectivity index (χ0) is 19.3. The number of rotatable bonds is 7. The van der Waals surface area contributed by atoms with Crippen LogP contribution in [0.1, 0.15) is 18.4 Å². The number of hydrogen-bond donors (Lipinski definition) is 1. The van der Waals surface area contributed by atoms with Crippen LogP contribution in [0.4, 0.5) is 0 Å². The van der Waals surface area contributed by atoms with E-state index in [9.17, 15) is 9.59 Å². The molecule has 0 aliphatic carbocycles. The molecule has 9 nitrogen and oxygen atoms in total. The van der Waals surface area contributed by atoms with Crippen LogP contribution in [0.25, 0.3) is 16.7 Å². The molecule has 0 unspecified atom stereocenters. The van der Waals surface area contributed by atoms with Crippen molar-refractivity contribution in [3.63, 3.8) is 0 Å². The lowest BCUT2D eigenvalue weighted by molar-refractivity contribution is -0.121. The Hall–Kier alpha value is -3.62. The van der Waals surface area contributed by atoms with Crippen LogP contribution in [0.3, 0.4) is 0 Å². The summed E-state index contributed by atoms with van der Waals surface area (Å²) in [6.07, 6.45) is 8.39. The van der Waals surface area contributed by atoms with Crippen LogP contribution in [0.15, 0.2) is 54.1 Å². The fourth-order valence-electron chi connectivity index (χ4n) is 2.98. The molecule has 0 radical (unpaired) electrons. The van der Waals surface area contributed by atoms with E-state index in [2.05, 4.69) is 25.4 Å². The molecule has 0 aliphatic rings. The van der Waals surface area contributed by atoms with Gasteiger partial charge < -0.3 is 5.32 Å². The van der Waals surface area contributed by atoms with Crippen molar-refractivity contribution in [3.8, 4) is 0 Å². The highest BCUT2D eigenvalue weighted by Gasteiger charge is 2.06. The van der Waals surface area contributed by atoms with E-state index in [1.165, 1.54) is 17.2 Å². The first kappa shape index (κ1) is 17.8. The Morgan fingerprint density at radius 2 is 2.04 bits per heavy atom. The van der Waals surface area contributed by atoms with Crippen LogP contribution in [0, 0.1) is 0 Å². The second-order valence-corrected chi connectivity index (χ2v) is 6.43. The Morgan fingerprint density at radius 3 is 2.96 bits per heavy atom. The monoisotopic (exact) mass is 377 g/mol. The van der Waals surface area contributed by atoms with Gasteiger partial charge in [-0.2, -0.15) is 10.1 Å².